The van der Waals surface area contributed by atoms with Crippen LogP contribution in [0.4, 0.5) is 8.78 Å². The molecule has 0 N–H and O–H groups in total. The summed E-state index contributed by atoms with van der Waals surface area (Å²) in [6, 6.07) is 0. The summed E-state index contributed by atoms with van der Waals surface area (Å²) in [5.41, 5.74) is -0.527. The van der Waals surface area contributed by atoms with Crippen LogP contribution in [-0.4, -0.2) is 24.8 Å². The Kier molecular flexibility index (Phi) is 5.60. The van der Waals surface area contributed by atoms with Gasteiger partial charge < -0.3 is 9.47 Å². The molecule has 0 aliphatic heterocycles. The zero-order valence-electron chi connectivity index (χ0n) is 8.68. The molecule has 0 spiro atoms. The lowest BCUT2D eigenvalue weighted by molar-refractivity contribution is -0.157. The van der Waals surface area contributed by atoms with Gasteiger partial charge in [-0.25, -0.2) is 0 Å². The number of ether oxygens (including phenoxy) is 2. The summed E-state index contributed by atoms with van der Waals surface area (Å²) < 4.78 is 31.9. The fraction of sp³-hybridized carbons (Fsp3) is 0.889. The first kappa shape index (κ1) is 13.3. The molecule has 0 saturated heterocycles. The number of alkyl halides is 2. The summed E-state index contributed by atoms with van der Waals surface area (Å²) in [5.74, 6) is -0.393. The number of esters is 1. The second-order valence-corrected chi connectivity index (χ2v) is 3.82. The van der Waals surface area contributed by atoms with Gasteiger partial charge in [0.15, 0.2) is 0 Å². The lowest BCUT2D eigenvalue weighted by Crippen LogP contribution is -2.23. The summed E-state index contributed by atoms with van der Waals surface area (Å²) in [4.78, 5) is 11.0. The van der Waals surface area contributed by atoms with Gasteiger partial charge in [-0.3, -0.25) is 4.79 Å². The number of carbonyl (C=O) groups is 1. The number of hydrogen-bond acceptors (Lipinski definition) is 3. The first-order valence-electron chi connectivity index (χ1n) is 4.43. The minimum atomic E-state index is -2.77. The third-order valence-electron chi connectivity index (χ3n) is 1.19. The normalized spacial score (nSPS) is 11.9. The zero-order valence-corrected chi connectivity index (χ0v) is 8.68. The molecule has 0 bridgehead atoms. The monoisotopic (exact) mass is 210 g/mol. The van der Waals surface area contributed by atoms with E-state index in [1.165, 1.54) is 0 Å². The highest BCUT2D eigenvalue weighted by Gasteiger charge is 2.15. The van der Waals surface area contributed by atoms with Gasteiger partial charge in [-0.15, -0.1) is 0 Å². The quantitative estimate of drug-likeness (QED) is 0.516. The Morgan fingerprint density at radius 1 is 1.36 bits per heavy atom. The minimum absolute atomic E-state index is 0.101. The summed E-state index contributed by atoms with van der Waals surface area (Å²) >= 11 is 0. The van der Waals surface area contributed by atoms with Crippen molar-refractivity contribution in [1.82, 2.24) is 0 Å². The van der Waals surface area contributed by atoms with Gasteiger partial charge in [-0.1, -0.05) is 0 Å². The molecule has 0 heterocycles. The maximum Gasteiger partial charge on any atom is 0.345 e. The van der Waals surface area contributed by atoms with Crippen LogP contribution in [0.15, 0.2) is 0 Å². The van der Waals surface area contributed by atoms with Gasteiger partial charge in [0.25, 0.3) is 0 Å². The highest BCUT2D eigenvalue weighted by atomic mass is 19.3. The Labute approximate surface area is 82.4 Å². The van der Waals surface area contributed by atoms with Crippen molar-refractivity contribution in [2.24, 2.45) is 0 Å². The number of rotatable bonds is 5. The molecule has 0 atom stereocenters. The number of halogens is 2. The highest BCUT2D eigenvalue weighted by molar-refractivity contribution is 5.69. The summed E-state index contributed by atoms with van der Waals surface area (Å²) in [5, 5.41) is 0. The van der Waals surface area contributed by atoms with Gasteiger partial charge >= 0.3 is 12.6 Å². The SMILES string of the molecule is CC(C)(C)OC(=O)CCCOC(F)F. The molecule has 0 aromatic carbocycles. The topological polar surface area (TPSA) is 35.5 Å². The molecular formula is C9H16F2O3. The molecule has 0 radical (unpaired) electrons. The van der Waals surface area contributed by atoms with E-state index in [9.17, 15) is 13.6 Å². The van der Waals surface area contributed by atoms with Gasteiger partial charge in [-0.05, 0) is 27.2 Å². The average molecular weight is 210 g/mol. The molecule has 0 aromatic heterocycles. The maximum atomic E-state index is 11.5. The fourth-order valence-corrected chi connectivity index (χ4v) is 0.781. The number of carbonyl (C=O) groups excluding carboxylic acids is 1. The molecule has 0 amide bonds. The second kappa shape index (κ2) is 5.90. The van der Waals surface area contributed by atoms with E-state index < -0.39 is 18.2 Å². The van der Waals surface area contributed by atoms with Crippen molar-refractivity contribution in [2.75, 3.05) is 6.61 Å². The maximum absolute atomic E-state index is 11.5. The van der Waals surface area contributed by atoms with E-state index in [2.05, 4.69) is 4.74 Å². The van der Waals surface area contributed by atoms with E-state index in [-0.39, 0.29) is 19.4 Å². The molecule has 0 rings (SSSR count). The largest absolute Gasteiger partial charge is 0.460 e. The predicted molar refractivity (Wildman–Crippen MR) is 47.0 cm³/mol. The molecule has 0 unspecified atom stereocenters. The highest BCUT2D eigenvalue weighted by Crippen LogP contribution is 2.09. The third-order valence-corrected chi connectivity index (χ3v) is 1.19. The van der Waals surface area contributed by atoms with Gasteiger partial charge in [0, 0.05) is 6.42 Å². The molecule has 14 heavy (non-hydrogen) atoms. The fourth-order valence-electron chi connectivity index (χ4n) is 0.781. The Morgan fingerprint density at radius 3 is 2.36 bits per heavy atom. The van der Waals surface area contributed by atoms with Crippen molar-refractivity contribution >= 4 is 5.97 Å². The van der Waals surface area contributed by atoms with E-state index in [4.69, 9.17) is 4.74 Å². The summed E-state index contributed by atoms with van der Waals surface area (Å²) in [7, 11) is 0. The predicted octanol–water partition coefficient (Wildman–Crippen LogP) is 2.35. The van der Waals surface area contributed by atoms with Gasteiger partial charge in [0.05, 0.1) is 6.61 Å². The van der Waals surface area contributed by atoms with Gasteiger partial charge in [0.1, 0.15) is 5.60 Å². The van der Waals surface area contributed by atoms with Crippen LogP contribution in [0.2, 0.25) is 0 Å². The summed E-state index contributed by atoms with van der Waals surface area (Å²) in [6.45, 7) is 2.35. The van der Waals surface area contributed by atoms with Crippen LogP contribution < -0.4 is 0 Å². The molecule has 0 aliphatic rings. The zero-order chi connectivity index (χ0) is 11.2. The smallest absolute Gasteiger partial charge is 0.345 e. The molecule has 5 heteroatoms. The van der Waals surface area contributed by atoms with Crippen LogP contribution >= 0.6 is 0 Å². The lowest BCUT2D eigenvalue weighted by Gasteiger charge is -2.19. The van der Waals surface area contributed by atoms with Crippen molar-refractivity contribution in [3.8, 4) is 0 Å². The van der Waals surface area contributed by atoms with Crippen molar-refractivity contribution < 1.29 is 23.0 Å². The number of hydrogen-bond donors (Lipinski definition) is 0. The molecule has 0 aromatic rings. The summed E-state index contributed by atoms with van der Waals surface area (Å²) in [6.07, 6.45) is 0.350. The van der Waals surface area contributed by atoms with E-state index in [1.807, 2.05) is 0 Å². The van der Waals surface area contributed by atoms with E-state index in [0.717, 1.165) is 0 Å². The first-order valence-corrected chi connectivity index (χ1v) is 4.43. The van der Waals surface area contributed by atoms with Crippen LogP contribution in [0.3, 0.4) is 0 Å². The Morgan fingerprint density at radius 2 is 1.93 bits per heavy atom. The molecule has 0 fully saturated rings. The Balaban J connectivity index is 3.46. The first-order chi connectivity index (χ1) is 6.31. The second-order valence-electron chi connectivity index (χ2n) is 3.82. The molecular weight excluding hydrogens is 194 g/mol. The average Bonchev–Trinajstić information content (AvgIpc) is 1.94. The molecule has 0 saturated carbocycles. The van der Waals surface area contributed by atoms with Gasteiger partial charge in [-0.2, -0.15) is 8.78 Å². The third kappa shape index (κ3) is 9.38. The van der Waals surface area contributed by atoms with Crippen molar-refractivity contribution in [1.29, 1.82) is 0 Å². The van der Waals surface area contributed by atoms with Gasteiger partial charge in [0.2, 0.25) is 0 Å². The minimum Gasteiger partial charge on any atom is -0.460 e. The van der Waals surface area contributed by atoms with Crippen molar-refractivity contribution in [3.63, 3.8) is 0 Å². The lowest BCUT2D eigenvalue weighted by atomic mass is 10.2. The molecule has 0 aliphatic carbocycles. The van der Waals surface area contributed by atoms with Crippen LogP contribution in [0.5, 0.6) is 0 Å². The molecule has 84 valence electrons. The van der Waals surface area contributed by atoms with Crippen molar-refractivity contribution in [2.45, 2.75) is 45.8 Å². The Bertz CT molecular complexity index is 175. The van der Waals surface area contributed by atoms with Crippen LogP contribution in [0.1, 0.15) is 33.6 Å². The van der Waals surface area contributed by atoms with Crippen LogP contribution in [0.25, 0.3) is 0 Å². The van der Waals surface area contributed by atoms with E-state index in [1.54, 1.807) is 20.8 Å². The standard InChI is InChI=1S/C9H16F2O3/c1-9(2,3)14-7(12)5-4-6-13-8(10)11/h8H,4-6H2,1-3H3. The van der Waals surface area contributed by atoms with E-state index in [0.29, 0.717) is 0 Å². The molecule has 3 nitrogen and oxygen atoms in total. The van der Waals surface area contributed by atoms with Crippen molar-refractivity contribution in [3.05, 3.63) is 0 Å². The van der Waals surface area contributed by atoms with Crippen LogP contribution in [0, 0.1) is 0 Å². The van der Waals surface area contributed by atoms with Crippen LogP contribution in [-0.2, 0) is 14.3 Å². The van der Waals surface area contributed by atoms with E-state index >= 15 is 0 Å². The Hall–Kier alpha value is -0.710.